The van der Waals surface area contributed by atoms with Gasteiger partial charge in [0.15, 0.2) is 0 Å². The number of aryl methyl sites for hydroxylation is 1. The second kappa shape index (κ2) is 5.01. The Morgan fingerprint density at radius 3 is 3.06 bits per heavy atom. The van der Waals surface area contributed by atoms with Crippen LogP contribution in [0.4, 0.5) is 5.69 Å². The molecule has 1 amide bonds. The van der Waals surface area contributed by atoms with E-state index in [4.69, 9.17) is 5.73 Å². The highest BCUT2D eigenvalue weighted by Gasteiger charge is 2.10. The number of pyridine rings is 1. The molecule has 0 atom stereocenters. The molecule has 0 aromatic carbocycles. The van der Waals surface area contributed by atoms with Crippen molar-refractivity contribution in [2.24, 2.45) is 0 Å². The molecule has 0 bridgehead atoms. The molecule has 2 heterocycles. The Morgan fingerprint density at radius 1 is 1.61 bits per heavy atom. The lowest BCUT2D eigenvalue weighted by Gasteiger charge is -2.06. The minimum atomic E-state index is -0.264. The predicted molar refractivity (Wildman–Crippen MR) is 69.5 cm³/mol. The van der Waals surface area contributed by atoms with E-state index in [1.54, 1.807) is 18.4 Å². The first-order chi connectivity index (χ1) is 8.56. The maximum atomic E-state index is 11.9. The number of nitrogens with one attached hydrogen (secondary N) is 2. The number of anilines is 1. The molecule has 0 saturated heterocycles. The number of nitrogen functional groups attached to an aromatic ring is 1. The van der Waals surface area contributed by atoms with Crippen LogP contribution in [0.25, 0.3) is 0 Å². The Kier molecular flexibility index (Phi) is 3.42. The van der Waals surface area contributed by atoms with Crippen LogP contribution in [0, 0.1) is 6.92 Å². The van der Waals surface area contributed by atoms with E-state index in [1.807, 2.05) is 0 Å². The zero-order chi connectivity index (χ0) is 13.1. The molecule has 6 nitrogen and oxygen atoms in total. The summed E-state index contributed by atoms with van der Waals surface area (Å²) in [5.41, 5.74) is 7.75. The van der Waals surface area contributed by atoms with Gasteiger partial charge in [-0.05, 0) is 13.0 Å². The van der Waals surface area contributed by atoms with Gasteiger partial charge in [0, 0.05) is 11.1 Å². The Labute approximate surface area is 107 Å². The van der Waals surface area contributed by atoms with E-state index >= 15 is 0 Å². The molecule has 4 N–H and O–H groups in total. The van der Waals surface area contributed by atoms with E-state index in [9.17, 15) is 9.59 Å². The Morgan fingerprint density at radius 2 is 2.39 bits per heavy atom. The van der Waals surface area contributed by atoms with Crippen LogP contribution in [0.1, 0.15) is 21.7 Å². The van der Waals surface area contributed by atoms with Gasteiger partial charge < -0.3 is 16.0 Å². The third-order valence-corrected chi connectivity index (χ3v) is 3.08. The summed E-state index contributed by atoms with van der Waals surface area (Å²) in [5, 5.41) is 4.37. The van der Waals surface area contributed by atoms with Gasteiger partial charge in [0.25, 0.3) is 5.91 Å². The minimum Gasteiger partial charge on any atom is -0.397 e. The monoisotopic (exact) mass is 264 g/mol. The number of thiazole rings is 1. The van der Waals surface area contributed by atoms with Crippen LogP contribution < -0.4 is 15.9 Å². The number of hydrogen-bond donors (Lipinski definition) is 3. The van der Waals surface area contributed by atoms with E-state index in [0.717, 1.165) is 11.3 Å². The maximum Gasteiger partial charge on any atom is 0.304 e. The summed E-state index contributed by atoms with van der Waals surface area (Å²) in [5.74, 6) is -0.264. The van der Waals surface area contributed by atoms with Gasteiger partial charge in [-0.1, -0.05) is 11.3 Å². The number of aromatic nitrogens is 2. The number of aromatic amines is 1. The topological polar surface area (TPSA) is 101 Å². The third kappa shape index (κ3) is 2.75. The molecule has 0 aliphatic rings. The summed E-state index contributed by atoms with van der Waals surface area (Å²) < 4.78 is 0. The molecule has 0 radical (unpaired) electrons. The van der Waals surface area contributed by atoms with Gasteiger partial charge in [0.2, 0.25) is 0 Å². The van der Waals surface area contributed by atoms with Crippen LogP contribution in [0.3, 0.4) is 0 Å². The van der Waals surface area contributed by atoms with Crippen molar-refractivity contribution >= 4 is 22.9 Å². The van der Waals surface area contributed by atoms with Crippen molar-refractivity contribution in [3.8, 4) is 0 Å². The fourth-order valence-electron chi connectivity index (χ4n) is 1.45. The SMILES string of the molecule is Cc1ncc(N)cc1C(=O)NCc1csc(=O)[nH]1. The zero-order valence-corrected chi connectivity index (χ0v) is 10.5. The first kappa shape index (κ1) is 12.3. The van der Waals surface area contributed by atoms with Crippen molar-refractivity contribution in [3.05, 3.63) is 44.3 Å². The number of nitrogens with two attached hydrogens (primary N) is 1. The fraction of sp³-hybridized carbons (Fsp3) is 0.182. The number of carbonyl (C=O) groups excluding carboxylic acids is 1. The second-order valence-electron chi connectivity index (χ2n) is 3.76. The molecule has 0 unspecified atom stereocenters. The molecule has 2 aromatic heterocycles. The lowest BCUT2D eigenvalue weighted by Crippen LogP contribution is -2.24. The molecular formula is C11H12N4O2S. The lowest BCUT2D eigenvalue weighted by molar-refractivity contribution is 0.0949. The summed E-state index contributed by atoms with van der Waals surface area (Å²) >= 11 is 1.06. The van der Waals surface area contributed by atoms with Crippen molar-refractivity contribution in [3.63, 3.8) is 0 Å². The van der Waals surface area contributed by atoms with Crippen molar-refractivity contribution in [2.45, 2.75) is 13.5 Å². The fourth-order valence-corrected chi connectivity index (χ4v) is 2.03. The van der Waals surface area contributed by atoms with Crippen molar-refractivity contribution in [2.75, 3.05) is 5.73 Å². The van der Waals surface area contributed by atoms with E-state index in [-0.39, 0.29) is 17.3 Å². The van der Waals surface area contributed by atoms with Crippen molar-refractivity contribution < 1.29 is 4.79 Å². The van der Waals surface area contributed by atoms with Gasteiger partial charge in [-0.2, -0.15) is 0 Å². The average Bonchev–Trinajstić information content (AvgIpc) is 2.75. The number of H-pyrrole nitrogens is 1. The summed E-state index contributed by atoms with van der Waals surface area (Å²) in [6.07, 6.45) is 1.50. The smallest absolute Gasteiger partial charge is 0.304 e. The molecule has 0 spiro atoms. The third-order valence-electron chi connectivity index (χ3n) is 2.36. The van der Waals surface area contributed by atoms with Gasteiger partial charge in [-0.3, -0.25) is 14.6 Å². The highest BCUT2D eigenvalue weighted by atomic mass is 32.1. The van der Waals surface area contributed by atoms with Gasteiger partial charge >= 0.3 is 4.87 Å². The highest BCUT2D eigenvalue weighted by molar-refractivity contribution is 7.07. The van der Waals surface area contributed by atoms with E-state index in [2.05, 4.69) is 15.3 Å². The number of rotatable bonds is 3. The summed E-state index contributed by atoms with van der Waals surface area (Å²) in [4.78, 5) is 29.3. The van der Waals surface area contributed by atoms with Gasteiger partial charge in [-0.25, -0.2) is 0 Å². The number of nitrogens with zero attached hydrogens (tertiary/aromatic N) is 1. The Balaban J connectivity index is 2.08. The summed E-state index contributed by atoms with van der Waals surface area (Å²) in [6.45, 7) is 2.01. The van der Waals surface area contributed by atoms with Crippen molar-refractivity contribution in [1.29, 1.82) is 0 Å². The molecule has 18 heavy (non-hydrogen) atoms. The molecule has 2 aromatic rings. The van der Waals surface area contributed by atoms with E-state index < -0.39 is 0 Å². The number of carbonyl (C=O) groups is 1. The zero-order valence-electron chi connectivity index (χ0n) is 9.69. The number of hydrogen-bond acceptors (Lipinski definition) is 5. The molecule has 7 heteroatoms. The largest absolute Gasteiger partial charge is 0.397 e. The van der Waals surface area contributed by atoms with E-state index in [0.29, 0.717) is 22.6 Å². The normalized spacial score (nSPS) is 10.3. The molecule has 0 aliphatic heterocycles. The minimum absolute atomic E-state index is 0.138. The van der Waals surface area contributed by atoms with Crippen molar-refractivity contribution in [1.82, 2.24) is 15.3 Å². The molecule has 0 fully saturated rings. The van der Waals surface area contributed by atoms with Gasteiger partial charge in [-0.15, -0.1) is 0 Å². The first-order valence-corrected chi connectivity index (χ1v) is 6.11. The van der Waals surface area contributed by atoms with Gasteiger partial charge in [0.05, 0.1) is 29.7 Å². The Bertz CT molecular complexity index is 632. The quantitative estimate of drug-likeness (QED) is 0.757. The van der Waals surface area contributed by atoms with E-state index in [1.165, 1.54) is 6.20 Å². The molecule has 94 valence electrons. The highest BCUT2D eigenvalue weighted by Crippen LogP contribution is 2.09. The molecule has 0 aliphatic carbocycles. The molecule has 2 rings (SSSR count). The predicted octanol–water partition coefficient (Wildman–Crippen LogP) is 0.652. The van der Waals surface area contributed by atoms with Crippen LogP contribution >= 0.6 is 11.3 Å². The summed E-state index contributed by atoms with van der Waals surface area (Å²) in [7, 11) is 0. The maximum absolute atomic E-state index is 11.9. The molecule has 0 saturated carbocycles. The first-order valence-electron chi connectivity index (χ1n) is 5.23. The Hall–Kier alpha value is -2.15. The van der Waals surface area contributed by atoms with Crippen LogP contribution in [-0.2, 0) is 6.54 Å². The van der Waals surface area contributed by atoms with Crippen LogP contribution in [0.2, 0.25) is 0 Å². The number of amides is 1. The second-order valence-corrected chi connectivity index (χ2v) is 4.60. The van der Waals surface area contributed by atoms with Crippen LogP contribution in [0.5, 0.6) is 0 Å². The summed E-state index contributed by atoms with van der Waals surface area (Å²) in [6, 6.07) is 1.58. The average molecular weight is 264 g/mol. The lowest BCUT2D eigenvalue weighted by atomic mass is 10.2. The van der Waals surface area contributed by atoms with Crippen LogP contribution in [-0.4, -0.2) is 15.9 Å². The standard InChI is InChI=1S/C11H12N4O2S/c1-6-9(2-7(12)3-13-6)10(16)14-4-8-5-18-11(17)15-8/h2-3,5H,4,12H2,1H3,(H,14,16)(H,15,17). The van der Waals surface area contributed by atoms with Gasteiger partial charge in [0.1, 0.15) is 0 Å². The van der Waals surface area contributed by atoms with Crippen LogP contribution in [0.15, 0.2) is 22.4 Å². The molecular weight excluding hydrogens is 252 g/mol.